The van der Waals surface area contributed by atoms with Crippen LogP contribution in [0.25, 0.3) is 65.7 Å². The average molecular weight is 624 g/mol. The maximum absolute atomic E-state index is 2.35. The first-order valence-corrected chi connectivity index (χ1v) is 16.8. The number of anilines is 3. The van der Waals surface area contributed by atoms with Crippen molar-refractivity contribution >= 4 is 49.4 Å². The van der Waals surface area contributed by atoms with Gasteiger partial charge in [0.2, 0.25) is 0 Å². The van der Waals surface area contributed by atoms with Gasteiger partial charge in [-0.3, -0.25) is 0 Å². The van der Waals surface area contributed by atoms with E-state index in [1.807, 2.05) is 0 Å². The van der Waals surface area contributed by atoms with Crippen molar-refractivity contribution < 1.29 is 0 Å². The van der Waals surface area contributed by atoms with Gasteiger partial charge >= 0.3 is 0 Å². The molecule has 0 aliphatic rings. The first-order chi connectivity index (χ1) is 24.3. The second-order valence-electron chi connectivity index (χ2n) is 12.6. The molecule has 9 aromatic rings. The minimum atomic E-state index is 1.12. The zero-order chi connectivity index (χ0) is 32.6. The second kappa shape index (κ2) is 12.3. The third-order valence-corrected chi connectivity index (χ3v) is 9.63. The zero-order valence-corrected chi connectivity index (χ0v) is 27.0. The second-order valence-corrected chi connectivity index (χ2v) is 12.6. The van der Waals surface area contributed by atoms with E-state index in [0.29, 0.717) is 0 Å². The molecule has 9 rings (SSSR count). The van der Waals surface area contributed by atoms with Crippen molar-refractivity contribution in [3.63, 3.8) is 0 Å². The molecule has 0 unspecified atom stereocenters. The first kappa shape index (κ1) is 28.8. The molecule has 0 fully saturated rings. The molecule has 0 heterocycles. The molecule has 0 spiro atoms. The smallest absolute Gasteiger partial charge is 0.0468 e. The molecular weight excluding hydrogens is 591 g/mol. The number of benzene rings is 9. The van der Waals surface area contributed by atoms with Gasteiger partial charge in [0.25, 0.3) is 0 Å². The van der Waals surface area contributed by atoms with E-state index < -0.39 is 0 Å². The highest BCUT2D eigenvalue weighted by Crippen LogP contribution is 2.40. The van der Waals surface area contributed by atoms with Gasteiger partial charge in [-0.05, 0) is 114 Å². The summed E-state index contributed by atoms with van der Waals surface area (Å²) in [6.45, 7) is 0. The van der Waals surface area contributed by atoms with Crippen LogP contribution in [0.5, 0.6) is 0 Å². The summed E-state index contributed by atoms with van der Waals surface area (Å²) in [6, 6.07) is 72.4. The Morgan fingerprint density at radius 3 is 1.33 bits per heavy atom. The number of hydrogen-bond acceptors (Lipinski definition) is 1. The topological polar surface area (TPSA) is 3.24 Å². The lowest BCUT2D eigenvalue weighted by Crippen LogP contribution is -2.09. The Hall–Kier alpha value is -6.44. The van der Waals surface area contributed by atoms with E-state index in [2.05, 4.69) is 205 Å². The highest BCUT2D eigenvalue weighted by atomic mass is 15.1. The van der Waals surface area contributed by atoms with Crippen molar-refractivity contribution in [2.45, 2.75) is 0 Å². The highest BCUT2D eigenvalue weighted by molar-refractivity contribution is 6.14. The van der Waals surface area contributed by atoms with Crippen LogP contribution < -0.4 is 4.90 Å². The summed E-state index contributed by atoms with van der Waals surface area (Å²) in [6.07, 6.45) is 0. The van der Waals surface area contributed by atoms with E-state index in [1.165, 1.54) is 65.7 Å². The van der Waals surface area contributed by atoms with Crippen molar-refractivity contribution in [2.24, 2.45) is 0 Å². The minimum absolute atomic E-state index is 1.12. The molecule has 1 heteroatoms. The number of rotatable bonds is 6. The summed E-state index contributed by atoms with van der Waals surface area (Å²) in [5.74, 6) is 0. The number of hydrogen-bond donors (Lipinski definition) is 0. The van der Waals surface area contributed by atoms with Crippen LogP contribution >= 0.6 is 0 Å². The average Bonchev–Trinajstić information content (AvgIpc) is 3.19. The van der Waals surface area contributed by atoms with E-state index in [-0.39, 0.29) is 0 Å². The molecule has 230 valence electrons. The fourth-order valence-corrected chi connectivity index (χ4v) is 7.15. The van der Waals surface area contributed by atoms with Crippen molar-refractivity contribution in [3.05, 3.63) is 200 Å². The molecule has 0 bridgehead atoms. The third kappa shape index (κ3) is 5.42. The van der Waals surface area contributed by atoms with E-state index in [1.54, 1.807) is 0 Å². The maximum Gasteiger partial charge on any atom is 0.0468 e. The maximum atomic E-state index is 2.35. The van der Waals surface area contributed by atoms with Crippen LogP contribution in [0.15, 0.2) is 200 Å². The lowest BCUT2D eigenvalue weighted by atomic mass is 9.92. The SMILES string of the molecule is c1ccc(-c2ccc(N(c3ccc(-c4ccccc4)cc3)c3ccc4cc(-c5cc6ccccc6c6ccccc56)ccc4c3)cc2)cc1. The van der Waals surface area contributed by atoms with Crippen LogP contribution in [-0.2, 0) is 0 Å². The predicted octanol–water partition coefficient (Wildman–Crippen LogP) is 13.6. The Morgan fingerprint density at radius 2 is 0.694 bits per heavy atom. The van der Waals surface area contributed by atoms with Gasteiger partial charge in [0.15, 0.2) is 0 Å². The van der Waals surface area contributed by atoms with Crippen LogP contribution in [0.1, 0.15) is 0 Å². The predicted molar refractivity (Wildman–Crippen MR) is 210 cm³/mol. The summed E-state index contributed by atoms with van der Waals surface area (Å²) < 4.78 is 0. The molecule has 0 amide bonds. The van der Waals surface area contributed by atoms with Crippen molar-refractivity contribution in [1.82, 2.24) is 0 Å². The molecular formula is C48H33N. The molecule has 0 saturated carbocycles. The Kier molecular flexibility index (Phi) is 7.22. The lowest BCUT2D eigenvalue weighted by molar-refractivity contribution is 1.29. The molecule has 49 heavy (non-hydrogen) atoms. The van der Waals surface area contributed by atoms with Crippen molar-refractivity contribution in [1.29, 1.82) is 0 Å². The highest BCUT2D eigenvalue weighted by Gasteiger charge is 2.15. The molecule has 1 nitrogen and oxygen atoms in total. The van der Waals surface area contributed by atoms with E-state index in [4.69, 9.17) is 0 Å². The molecule has 0 radical (unpaired) electrons. The van der Waals surface area contributed by atoms with Gasteiger partial charge in [-0.2, -0.15) is 0 Å². The fraction of sp³-hybridized carbons (Fsp3) is 0. The van der Waals surface area contributed by atoms with E-state index in [9.17, 15) is 0 Å². The fourth-order valence-electron chi connectivity index (χ4n) is 7.15. The zero-order valence-electron chi connectivity index (χ0n) is 27.0. The first-order valence-electron chi connectivity index (χ1n) is 16.8. The van der Waals surface area contributed by atoms with Crippen LogP contribution in [0.4, 0.5) is 17.1 Å². The molecule has 0 N–H and O–H groups in total. The summed E-state index contributed by atoms with van der Waals surface area (Å²) in [7, 11) is 0. The number of nitrogens with zero attached hydrogens (tertiary/aromatic N) is 1. The van der Waals surface area contributed by atoms with Crippen LogP contribution in [0.2, 0.25) is 0 Å². The summed E-state index contributed by atoms with van der Waals surface area (Å²) >= 11 is 0. The standard InChI is InChI=1S/C48H33N/c1-3-11-34(12-4-1)36-21-26-42(27-22-36)49(43-28-23-37(24-29-43)35-13-5-2-6-14-35)44-30-25-38-31-41(20-19-39(38)32-44)48-33-40-15-7-8-16-45(40)46-17-9-10-18-47(46)48/h1-33H. The van der Waals surface area contributed by atoms with Gasteiger partial charge in [0.05, 0.1) is 0 Å². The largest absolute Gasteiger partial charge is 0.310 e. The molecule has 0 atom stereocenters. The van der Waals surface area contributed by atoms with Crippen LogP contribution in [0, 0.1) is 0 Å². The van der Waals surface area contributed by atoms with E-state index >= 15 is 0 Å². The summed E-state index contributed by atoms with van der Waals surface area (Å²) in [4.78, 5) is 2.35. The van der Waals surface area contributed by atoms with Crippen molar-refractivity contribution in [2.75, 3.05) is 4.90 Å². The van der Waals surface area contributed by atoms with Gasteiger partial charge in [-0.25, -0.2) is 0 Å². The van der Waals surface area contributed by atoms with Crippen LogP contribution in [-0.4, -0.2) is 0 Å². The Bertz CT molecular complexity index is 2490. The Morgan fingerprint density at radius 1 is 0.245 bits per heavy atom. The lowest BCUT2D eigenvalue weighted by Gasteiger charge is -2.26. The number of fused-ring (bicyclic) bond motifs is 4. The molecule has 0 saturated heterocycles. The molecule has 0 aliphatic heterocycles. The van der Waals surface area contributed by atoms with Crippen LogP contribution in [0.3, 0.4) is 0 Å². The Balaban J connectivity index is 1.13. The molecule has 0 aliphatic carbocycles. The quantitative estimate of drug-likeness (QED) is 0.167. The van der Waals surface area contributed by atoms with Gasteiger partial charge < -0.3 is 4.90 Å². The summed E-state index contributed by atoms with van der Waals surface area (Å²) in [5, 5.41) is 7.55. The van der Waals surface area contributed by atoms with Gasteiger partial charge in [-0.15, -0.1) is 0 Å². The minimum Gasteiger partial charge on any atom is -0.310 e. The Labute approximate surface area is 287 Å². The normalized spacial score (nSPS) is 11.3. The van der Waals surface area contributed by atoms with Gasteiger partial charge in [-0.1, -0.05) is 152 Å². The third-order valence-electron chi connectivity index (χ3n) is 9.63. The molecule has 0 aromatic heterocycles. The van der Waals surface area contributed by atoms with Crippen molar-refractivity contribution in [3.8, 4) is 33.4 Å². The molecule has 9 aromatic carbocycles. The van der Waals surface area contributed by atoms with Gasteiger partial charge in [0, 0.05) is 17.1 Å². The monoisotopic (exact) mass is 623 g/mol. The van der Waals surface area contributed by atoms with Gasteiger partial charge in [0.1, 0.15) is 0 Å². The summed E-state index contributed by atoms with van der Waals surface area (Å²) in [5.41, 5.74) is 10.7. The van der Waals surface area contributed by atoms with E-state index in [0.717, 1.165) is 17.1 Å².